The molecule has 0 radical (unpaired) electrons. The molecule has 7 atom stereocenters. The van der Waals surface area contributed by atoms with Crippen LogP contribution in [0.3, 0.4) is 0 Å². The number of hydrogen-bond donors (Lipinski definition) is 6. The predicted octanol–water partition coefficient (Wildman–Crippen LogP) is 12.5. The number of rotatable bonds is 49. The third-order valence-electron chi connectivity index (χ3n) is 13.7. The number of carbonyl (C=O) groups excluding carboxylic acids is 1. The molecule has 13 heteroatoms. The lowest BCUT2D eigenvalue weighted by Gasteiger charge is -2.41. The van der Waals surface area contributed by atoms with Gasteiger partial charge in [-0.25, -0.2) is 4.18 Å². The van der Waals surface area contributed by atoms with Gasteiger partial charge in [0.2, 0.25) is 5.91 Å². The molecule has 1 amide bonds. The molecular weight excluding hydrogens is 859 g/mol. The van der Waals surface area contributed by atoms with Crippen LogP contribution in [0, 0.1) is 0 Å². The van der Waals surface area contributed by atoms with Crippen molar-refractivity contribution in [3.05, 3.63) is 0 Å². The average molecular weight is 964 g/mol. The van der Waals surface area contributed by atoms with Crippen LogP contribution in [0.4, 0.5) is 0 Å². The lowest BCUT2D eigenvalue weighted by Crippen LogP contribution is -2.61. The summed E-state index contributed by atoms with van der Waals surface area (Å²) in [5.74, 6) is -0.224. The second-order valence-electron chi connectivity index (χ2n) is 19.9. The van der Waals surface area contributed by atoms with Gasteiger partial charge >= 0.3 is 10.4 Å². The van der Waals surface area contributed by atoms with Gasteiger partial charge in [0.15, 0.2) is 6.29 Å². The Hall–Kier alpha value is -0.900. The SMILES string of the molecule is CCCCCCCCCCCCCCCCCCCCCCCCCCCCCCC(=O)NC(COC1OC(CO)C(O)C(OS(=O)(=O)O)C1O)C(O)CCCCCCCCCCCCC. The normalized spacial score (nSPS) is 19.9. The molecule has 394 valence electrons. The number of amides is 1. The van der Waals surface area contributed by atoms with Crippen LogP contribution in [0.5, 0.6) is 0 Å². The van der Waals surface area contributed by atoms with Crippen molar-refractivity contribution in [1.29, 1.82) is 0 Å². The summed E-state index contributed by atoms with van der Waals surface area (Å²) in [6.45, 7) is 3.47. The molecule has 0 aliphatic carbocycles. The molecule has 12 nitrogen and oxygen atoms in total. The van der Waals surface area contributed by atoms with Gasteiger partial charge in [-0.1, -0.05) is 258 Å². The highest BCUT2D eigenvalue weighted by atomic mass is 32.3. The van der Waals surface area contributed by atoms with Gasteiger partial charge in [-0.05, 0) is 12.8 Å². The molecule has 1 fully saturated rings. The van der Waals surface area contributed by atoms with Gasteiger partial charge in [-0.3, -0.25) is 9.35 Å². The zero-order valence-electron chi connectivity index (χ0n) is 42.5. The number of aliphatic hydroxyl groups is 4. The van der Waals surface area contributed by atoms with E-state index in [1.807, 2.05) is 0 Å². The van der Waals surface area contributed by atoms with Crippen LogP contribution >= 0.6 is 0 Å². The van der Waals surface area contributed by atoms with E-state index in [9.17, 15) is 38.2 Å². The fraction of sp³-hybridized carbons (Fsp3) is 0.981. The summed E-state index contributed by atoms with van der Waals surface area (Å²) in [6.07, 6.45) is 41.3. The minimum atomic E-state index is -5.07. The number of hydrogen-bond acceptors (Lipinski definition) is 10. The predicted molar refractivity (Wildman–Crippen MR) is 269 cm³/mol. The van der Waals surface area contributed by atoms with Gasteiger partial charge in [0, 0.05) is 6.42 Å². The van der Waals surface area contributed by atoms with Crippen molar-refractivity contribution in [3.8, 4) is 0 Å². The zero-order chi connectivity index (χ0) is 48.4. The fourth-order valence-electron chi connectivity index (χ4n) is 9.35. The molecule has 1 heterocycles. The average Bonchev–Trinajstić information content (AvgIpc) is 3.29. The maximum atomic E-state index is 13.1. The Kier molecular flexibility index (Phi) is 42.1. The summed E-state index contributed by atoms with van der Waals surface area (Å²) in [4.78, 5) is 13.1. The van der Waals surface area contributed by atoms with E-state index < -0.39 is 59.9 Å². The summed E-state index contributed by atoms with van der Waals surface area (Å²) < 4.78 is 47.7. The molecule has 1 rings (SSSR count). The second-order valence-corrected chi connectivity index (χ2v) is 20.9. The number of carbonyl (C=O) groups is 1. The van der Waals surface area contributed by atoms with Gasteiger partial charge < -0.3 is 35.2 Å². The molecule has 66 heavy (non-hydrogen) atoms. The number of nitrogens with one attached hydrogen (secondary N) is 1. The molecule has 1 saturated heterocycles. The third kappa shape index (κ3) is 36.1. The fourth-order valence-corrected chi connectivity index (χ4v) is 9.85. The Morgan fingerprint density at radius 3 is 1.21 bits per heavy atom. The van der Waals surface area contributed by atoms with Crippen molar-refractivity contribution in [2.24, 2.45) is 0 Å². The van der Waals surface area contributed by atoms with Crippen molar-refractivity contribution in [2.75, 3.05) is 13.2 Å². The molecule has 1 aliphatic heterocycles. The van der Waals surface area contributed by atoms with Crippen LogP contribution in [0.25, 0.3) is 0 Å². The summed E-state index contributed by atoms with van der Waals surface area (Å²) in [7, 11) is -5.07. The van der Waals surface area contributed by atoms with Gasteiger partial charge in [0.1, 0.15) is 24.4 Å². The highest BCUT2D eigenvalue weighted by Gasteiger charge is 2.48. The van der Waals surface area contributed by atoms with Gasteiger partial charge in [-0.15, -0.1) is 0 Å². The first-order valence-electron chi connectivity index (χ1n) is 27.9. The highest BCUT2D eigenvalue weighted by molar-refractivity contribution is 7.80. The van der Waals surface area contributed by atoms with E-state index in [2.05, 4.69) is 23.3 Å². The first-order valence-corrected chi connectivity index (χ1v) is 29.3. The summed E-state index contributed by atoms with van der Waals surface area (Å²) in [5.41, 5.74) is 0. The van der Waals surface area contributed by atoms with E-state index in [0.29, 0.717) is 12.8 Å². The van der Waals surface area contributed by atoms with Crippen LogP contribution in [-0.4, -0.2) is 95.4 Å². The maximum absolute atomic E-state index is 13.1. The number of unbranched alkanes of at least 4 members (excludes halogenated alkanes) is 37. The number of aliphatic hydroxyl groups excluding tert-OH is 4. The van der Waals surface area contributed by atoms with Crippen LogP contribution in [0.2, 0.25) is 0 Å². The van der Waals surface area contributed by atoms with Crippen molar-refractivity contribution < 1.29 is 51.8 Å². The molecular formula is C53H105NO11S. The Balaban J connectivity index is 2.24. The zero-order valence-corrected chi connectivity index (χ0v) is 43.4. The second kappa shape index (κ2) is 44.1. The molecule has 0 bridgehead atoms. The highest BCUT2D eigenvalue weighted by Crippen LogP contribution is 2.26. The van der Waals surface area contributed by atoms with Gasteiger partial charge in [0.05, 0.1) is 25.4 Å². The van der Waals surface area contributed by atoms with Crippen LogP contribution in [-0.2, 0) is 28.9 Å². The Labute approximate surface area is 405 Å². The minimum Gasteiger partial charge on any atom is -0.394 e. The Bertz CT molecular complexity index is 1180. The first kappa shape index (κ1) is 63.1. The molecule has 0 saturated carbocycles. The van der Waals surface area contributed by atoms with Crippen molar-refractivity contribution in [1.82, 2.24) is 5.32 Å². The largest absolute Gasteiger partial charge is 0.397 e. The van der Waals surface area contributed by atoms with Crippen LogP contribution < -0.4 is 5.32 Å². The lowest BCUT2D eigenvalue weighted by molar-refractivity contribution is -0.298. The molecule has 0 aromatic heterocycles. The minimum absolute atomic E-state index is 0.224. The first-order chi connectivity index (χ1) is 32.0. The van der Waals surface area contributed by atoms with E-state index in [-0.39, 0.29) is 12.5 Å². The van der Waals surface area contributed by atoms with E-state index in [4.69, 9.17) is 9.47 Å². The molecule has 0 spiro atoms. The summed E-state index contributed by atoms with van der Waals surface area (Å²) in [6, 6.07) is -0.851. The molecule has 7 unspecified atom stereocenters. The van der Waals surface area contributed by atoms with Gasteiger partial charge in [0.25, 0.3) is 0 Å². The standard InChI is InChI=1S/C53H105NO11S/c1-3-5-7-9-11-13-15-16-17-18-19-20-21-22-23-24-25-26-27-28-29-30-31-33-35-37-39-41-43-49(57)54-46(47(56)42-40-38-36-34-32-14-12-10-8-6-4-2)45-63-53-51(59)52(65-66(60,61)62)50(58)48(44-55)64-53/h46-48,50-53,55-56,58-59H,3-45H2,1-2H3,(H,54,57)(H,60,61,62). The van der Waals surface area contributed by atoms with Crippen molar-refractivity contribution in [3.63, 3.8) is 0 Å². The van der Waals surface area contributed by atoms with Crippen molar-refractivity contribution in [2.45, 2.75) is 320 Å². The maximum Gasteiger partial charge on any atom is 0.397 e. The van der Waals surface area contributed by atoms with Crippen LogP contribution in [0.15, 0.2) is 0 Å². The Morgan fingerprint density at radius 2 is 0.879 bits per heavy atom. The third-order valence-corrected chi connectivity index (χ3v) is 14.1. The van der Waals surface area contributed by atoms with E-state index >= 15 is 0 Å². The summed E-state index contributed by atoms with van der Waals surface area (Å²) in [5, 5.41) is 44.9. The molecule has 0 aromatic rings. The monoisotopic (exact) mass is 964 g/mol. The molecule has 6 N–H and O–H groups in total. The number of ether oxygens (including phenoxy) is 2. The Morgan fingerprint density at radius 1 is 0.545 bits per heavy atom. The van der Waals surface area contributed by atoms with E-state index in [0.717, 1.165) is 51.4 Å². The molecule has 0 aromatic carbocycles. The van der Waals surface area contributed by atoms with Gasteiger partial charge in [-0.2, -0.15) is 8.42 Å². The van der Waals surface area contributed by atoms with Crippen LogP contribution in [0.1, 0.15) is 277 Å². The quantitative estimate of drug-likeness (QED) is 0.0251. The van der Waals surface area contributed by atoms with E-state index in [1.54, 1.807) is 0 Å². The molecule has 1 aliphatic rings. The smallest absolute Gasteiger partial charge is 0.394 e. The van der Waals surface area contributed by atoms with E-state index in [1.165, 1.54) is 199 Å². The lowest BCUT2D eigenvalue weighted by atomic mass is 9.99. The topological polar surface area (TPSA) is 192 Å². The van der Waals surface area contributed by atoms with Crippen molar-refractivity contribution >= 4 is 16.3 Å². The summed E-state index contributed by atoms with van der Waals surface area (Å²) >= 11 is 0.